The Balaban J connectivity index is 2.12. The predicted octanol–water partition coefficient (Wildman–Crippen LogP) is 1.33. The Kier molecular flexibility index (Phi) is 2.93. The fourth-order valence-electron chi connectivity index (χ4n) is 2.64. The molecule has 1 aliphatic heterocycles. The topological polar surface area (TPSA) is 73.2 Å². The first kappa shape index (κ1) is 12.7. The number of nitrogens with one attached hydrogen (secondary N) is 1. The molecule has 1 aromatic heterocycles. The third kappa shape index (κ3) is 1.93. The number of hydrogen-bond donors (Lipinski definition) is 1. The summed E-state index contributed by atoms with van der Waals surface area (Å²) < 4.78 is 7.10. The number of rotatable bonds is 2. The normalized spacial score (nSPS) is 19.2. The predicted molar refractivity (Wildman–Crippen MR) is 72.4 cm³/mol. The molecule has 2 amide bonds. The lowest BCUT2D eigenvalue weighted by Gasteiger charge is -2.23. The van der Waals surface area contributed by atoms with Gasteiger partial charge >= 0.3 is 0 Å². The van der Waals surface area contributed by atoms with Crippen LogP contribution in [0.4, 0.5) is 0 Å². The van der Waals surface area contributed by atoms with E-state index in [4.69, 9.17) is 4.74 Å². The summed E-state index contributed by atoms with van der Waals surface area (Å²) in [5.41, 5.74) is 1.66. The summed E-state index contributed by atoms with van der Waals surface area (Å²) in [7, 11) is 1.60. The number of imidazole rings is 1. The molecule has 20 heavy (non-hydrogen) atoms. The molecular formula is C14H15N3O3. The number of ether oxygens (including phenoxy) is 1. The molecule has 0 spiro atoms. The van der Waals surface area contributed by atoms with Gasteiger partial charge in [-0.1, -0.05) is 0 Å². The van der Waals surface area contributed by atoms with E-state index in [2.05, 4.69) is 10.3 Å². The highest BCUT2D eigenvalue weighted by atomic mass is 16.5. The second-order valence-corrected chi connectivity index (χ2v) is 4.85. The van der Waals surface area contributed by atoms with Crippen LogP contribution in [0.1, 0.15) is 24.7 Å². The molecular weight excluding hydrogens is 258 g/mol. The summed E-state index contributed by atoms with van der Waals surface area (Å²) in [6, 6.07) is 5.16. The van der Waals surface area contributed by atoms with Gasteiger partial charge in [-0.2, -0.15) is 0 Å². The number of imide groups is 1. The van der Waals surface area contributed by atoms with Crippen molar-refractivity contribution in [2.24, 2.45) is 0 Å². The zero-order valence-electron chi connectivity index (χ0n) is 11.3. The first-order valence-electron chi connectivity index (χ1n) is 6.46. The van der Waals surface area contributed by atoms with E-state index in [0.717, 1.165) is 16.9 Å². The molecule has 6 nitrogen and oxygen atoms in total. The Labute approximate surface area is 115 Å². The van der Waals surface area contributed by atoms with Crippen molar-refractivity contribution >= 4 is 22.8 Å². The molecule has 1 atom stereocenters. The van der Waals surface area contributed by atoms with Crippen molar-refractivity contribution < 1.29 is 14.3 Å². The van der Waals surface area contributed by atoms with Crippen molar-refractivity contribution in [3.63, 3.8) is 0 Å². The number of carbonyl (C=O) groups is 2. The first-order chi connectivity index (χ1) is 9.60. The lowest BCUT2D eigenvalue weighted by atomic mass is 10.1. The van der Waals surface area contributed by atoms with Crippen LogP contribution in [0, 0.1) is 6.92 Å². The fourth-order valence-corrected chi connectivity index (χ4v) is 2.64. The summed E-state index contributed by atoms with van der Waals surface area (Å²) in [4.78, 5) is 27.8. The van der Waals surface area contributed by atoms with Gasteiger partial charge in [0.05, 0.1) is 18.1 Å². The molecule has 0 saturated carbocycles. The van der Waals surface area contributed by atoms with Crippen LogP contribution in [0.3, 0.4) is 0 Å². The zero-order valence-corrected chi connectivity index (χ0v) is 11.3. The number of amides is 2. The number of carbonyl (C=O) groups excluding carboxylic acids is 2. The lowest BCUT2D eigenvalue weighted by Crippen LogP contribution is -2.41. The van der Waals surface area contributed by atoms with Crippen LogP contribution >= 0.6 is 0 Å². The van der Waals surface area contributed by atoms with Crippen molar-refractivity contribution in [1.29, 1.82) is 0 Å². The van der Waals surface area contributed by atoms with Gasteiger partial charge < -0.3 is 9.30 Å². The average Bonchev–Trinajstić information content (AvgIpc) is 2.74. The quantitative estimate of drug-likeness (QED) is 0.838. The van der Waals surface area contributed by atoms with E-state index in [0.29, 0.717) is 18.6 Å². The second kappa shape index (κ2) is 4.63. The summed E-state index contributed by atoms with van der Waals surface area (Å²) in [6.45, 7) is 1.86. The first-order valence-corrected chi connectivity index (χ1v) is 6.46. The van der Waals surface area contributed by atoms with E-state index >= 15 is 0 Å². The molecule has 0 aliphatic carbocycles. The van der Waals surface area contributed by atoms with Crippen molar-refractivity contribution in [3.05, 3.63) is 24.0 Å². The molecule has 0 bridgehead atoms. The van der Waals surface area contributed by atoms with Gasteiger partial charge in [-0.25, -0.2) is 4.98 Å². The van der Waals surface area contributed by atoms with Crippen molar-refractivity contribution in [1.82, 2.24) is 14.9 Å². The molecule has 6 heteroatoms. The smallest absolute Gasteiger partial charge is 0.249 e. The van der Waals surface area contributed by atoms with Gasteiger partial charge in [0.25, 0.3) is 0 Å². The minimum Gasteiger partial charge on any atom is -0.497 e. The van der Waals surface area contributed by atoms with E-state index in [1.54, 1.807) is 7.11 Å². The maximum absolute atomic E-state index is 12.0. The van der Waals surface area contributed by atoms with Crippen LogP contribution in [0.15, 0.2) is 18.2 Å². The molecule has 1 unspecified atom stereocenters. The fraction of sp³-hybridized carbons (Fsp3) is 0.357. The van der Waals surface area contributed by atoms with Gasteiger partial charge in [0.15, 0.2) is 0 Å². The van der Waals surface area contributed by atoms with E-state index < -0.39 is 6.04 Å². The van der Waals surface area contributed by atoms with Crippen LogP contribution in [-0.4, -0.2) is 28.5 Å². The van der Waals surface area contributed by atoms with E-state index in [9.17, 15) is 9.59 Å². The third-order valence-electron chi connectivity index (χ3n) is 3.59. The highest BCUT2D eigenvalue weighted by Crippen LogP contribution is 2.28. The van der Waals surface area contributed by atoms with Gasteiger partial charge in [0.2, 0.25) is 11.8 Å². The summed E-state index contributed by atoms with van der Waals surface area (Å²) in [5.74, 6) is 0.978. The number of fused-ring (bicyclic) bond motifs is 1. The molecule has 2 heterocycles. The SMILES string of the molecule is COc1ccc2nc(C)n(C3CCC(=O)NC3=O)c2c1. The Morgan fingerprint density at radius 3 is 2.90 bits per heavy atom. The van der Waals surface area contributed by atoms with E-state index in [-0.39, 0.29) is 11.8 Å². The zero-order chi connectivity index (χ0) is 14.3. The molecule has 2 aromatic rings. The van der Waals surface area contributed by atoms with Crippen LogP contribution in [-0.2, 0) is 9.59 Å². The molecule has 0 radical (unpaired) electrons. The molecule has 1 aliphatic rings. The molecule has 104 valence electrons. The number of hydrogen-bond acceptors (Lipinski definition) is 4. The Morgan fingerprint density at radius 2 is 2.20 bits per heavy atom. The number of methoxy groups -OCH3 is 1. The minimum atomic E-state index is -0.398. The highest BCUT2D eigenvalue weighted by molar-refractivity contribution is 6.00. The van der Waals surface area contributed by atoms with E-state index in [1.807, 2.05) is 29.7 Å². The highest BCUT2D eigenvalue weighted by Gasteiger charge is 2.30. The van der Waals surface area contributed by atoms with Crippen molar-refractivity contribution in [2.75, 3.05) is 7.11 Å². The van der Waals surface area contributed by atoms with Crippen LogP contribution in [0.2, 0.25) is 0 Å². The van der Waals surface area contributed by atoms with Gasteiger partial charge in [0.1, 0.15) is 17.6 Å². The maximum atomic E-state index is 12.0. The molecule has 1 saturated heterocycles. The summed E-state index contributed by atoms with van der Waals surface area (Å²) in [5, 5.41) is 2.38. The number of piperidine rings is 1. The third-order valence-corrected chi connectivity index (χ3v) is 3.59. The molecule has 3 rings (SSSR count). The van der Waals surface area contributed by atoms with Gasteiger partial charge in [-0.15, -0.1) is 0 Å². The van der Waals surface area contributed by atoms with E-state index in [1.165, 1.54) is 0 Å². The Hall–Kier alpha value is -2.37. The van der Waals surface area contributed by atoms with Gasteiger partial charge in [0, 0.05) is 12.5 Å². The average molecular weight is 273 g/mol. The number of nitrogens with zero attached hydrogens (tertiary/aromatic N) is 2. The molecule has 1 N–H and O–H groups in total. The number of benzene rings is 1. The monoisotopic (exact) mass is 273 g/mol. The molecule has 1 aromatic carbocycles. The number of aryl methyl sites for hydroxylation is 1. The van der Waals surface area contributed by atoms with Crippen LogP contribution in [0.25, 0.3) is 11.0 Å². The molecule has 1 fully saturated rings. The standard InChI is InChI=1S/C14H15N3O3/c1-8-15-10-4-3-9(20-2)7-12(10)17(8)11-5-6-13(18)16-14(11)19/h3-4,7,11H,5-6H2,1-2H3,(H,16,18,19). The summed E-state index contributed by atoms with van der Waals surface area (Å²) in [6.07, 6.45) is 0.841. The van der Waals surface area contributed by atoms with Crippen molar-refractivity contribution in [2.45, 2.75) is 25.8 Å². The maximum Gasteiger partial charge on any atom is 0.249 e. The lowest BCUT2D eigenvalue weighted by molar-refractivity contribution is -0.135. The minimum absolute atomic E-state index is 0.217. The van der Waals surface area contributed by atoms with Gasteiger partial charge in [-0.05, 0) is 25.5 Å². The van der Waals surface area contributed by atoms with Crippen LogP contribution in [0.5, 0.6) is 5.75 Å². The summed E-state index contributed by atoms with van der Waals surface area (Å²) >= 11 is 0. The van der Waals surface area contributed by atoms with Crippen LogP contribution < -0.4 is 10.1 Å². The van der Waals surface area contributed by atoms with Gasteiger partial charge in [-0.3, -0.25) is 14.9 Å². The number of aromatic nitrogens is 2. The van der Waals surface area contributed by atoms with Crippen molar-refractivity contribution in [3.8, 4) is 5.75 Å². The Morgan fingerprint density at radius 1 is 1.40 bits per heavy atom. The second-order valence-electron chi connectivity index (χ2n) is 4.85. The largest absolute Gasteiger partial charge is 0.497 e. The Bertz CT molecular complexity index is 705.